The SMILES string of the molecule is Cn1nc(N=C=O)c(Br)c1C1CC1. The van der Waals surface area contributed by atoms with Crippen LogP contribution >= 0.6 is 15.9 Å². The maximum Gasteiger partial charge on any atom is 0.242 e. The zero-order valence-electron chi connectivity index (χ0n) is 7.12. The van der Waals surface area contributed by atoms with E-state index < -0.39 is 0 Å². The number of rotatable bonds is 2. The minimum absolute atomic E-state index is 0.430. The van der Waals surface area contributed by atoms with Gasteiger partial charge in [0.05, 0.1) is 10.2 Å². The largest absolute Gasteiger partial charge is 0.269 e. The molecule has 5 heteroatoms. The Labute approximate surface area is 83.8 Å². The highest BCUT2D eigenvalue weighted by Gasteiger charge is 2.30. The van der Waals surface area contributed by atoms with E-state index in [2.05, 4.69) is 26.0 Å². The van der Waals surface area contributed by atoms with Crippen LogP contribution in [-0.4, -0.2) is 15.9 Å². The first kappa shape index (κ1) is 8.66. The van der Waals surface area contributed by atoms with Gasteiger partial charge in [0, 0.05) is 13.0 Å². The van der Waals surface area contributed by atoms with E-state index in [-0.39, 0.29) is 0 Å². The fourth-order valence-electron chi connectivity index (χ4n) is 1.41. The van der Waals surface area contributed by atoms with Crippen LogP contribution in [0.3, 0.4) is 0 Å². The molecular formula is C8H8BrN3O. The van der Waals surface area contributed by atoms with E-state index in [1.165, 1.54) is 18.9 Å². The highest BCUT2D eigenvalue weighted by molar-refractivity contribution is 9.10. The average Bonchev–Trinajstić information content (AvgIpc) is 2.84. The number of carbonyl (C=O) groups excluding carboxylic acids is 1. The smallest absolute Gasteiger partial charge is 0.242 e. The van der Waals surface area contributed by atoms with Crippen LogP contribution in [0.15, 0.2) is 9.47 Å². The third-order valence-electron chi connectivity index (χ3n) is 2.13. The molecule has 1 aromatic heterocycles. The van der Waals surface area contributed by atoms with Crippen LogP contribution in [0.2, 0.25) is 0 Å². The molecule has 0 aliphatic heterocycles. The maximum atomic E-state index is 10.1. The Morgan fingerprint density at radius 1 is 1.69 bits per heavy atom. The molecule has 1 heterocycles. The van der Waals surface area contributed by atoms with Gasteiger partial charge in [-0.15, -0.1) is 4.99 Å². The maximum absolute atomic E-state index is 10.1. The number of aryl methyl sites for hydroxylation is 1. The van der Waals surface area contributed by atoms with E-state index in [0.717, 1.165) is 10.2 Å². The van der Waals surface area contributed by atoms with Crippen molar-refractivity contribution in [3.8, 4) is 0 Å². The summed E-state index contributed by atoms with van der Waals surface area (Å²) in [5.74, 6) is 1.02. The van der Waals surface area contributed by atoms with E-state index in [1.54, 1.807) is 4.68 Å². The number of aliphatic imine (C=N–C) groups is 1. The third kappa shape index (κ3) is 1.45. The Kier molecular flexibility index (Phi) is 2.06. The highest BCUT2D eigenvalue weighted by Crippen LogP contribution is 2.45. The van der Waals surface area contributed by atoms with Gasteiger partial charge in [0.25, 0.3) is 0 Å². The number of aromatic nitrogens is 2. The van der Waals surface area contributed by atoms with Gasteiger partial charge in [-0.3, -0.25) is 4.68 Å². The molecule has 0 spiro atoms. The molecule has 1 aliphatic carbocycles. The predicted molar refractivity (Wildman–Crippen MR) is 50.7 cm³/mol. The Balaban J connectivity index is 2.49. The van der Waals surface area contributed by atoms with Gasteiger partial charge in [-0.2, -0.15) is 5.10 Å². The summed E-state index contributed by atoms with van der Waals surface area (Å²) in [7, 11) is 1.86. The molecule has 0 aromatic carbocycles. The number of hydrogen-bond acceptors (Lipinski definition) is 3. The molecule has 13 heavy (non-hydrogen) atoms. The number of hydrogen-bond donors (Lipinski definition) is 0. The summed E-state index contributed by atoms with van der Waals surface area (Å²) < 4.78 is 2.61. The minimum Gasteiger partial charge on any atom is -0.269 e. The first-order chi connectivity index (χ1) is 6.24. The Bertz CT molecular complexity index is 388. The van der Waals surface area contributed by atoms with E-state index in [9.17, 15) is 4.79 Å². The molecule has 1 saturated carbocycles. The molecule has 0 saturated heterocycles. The molecule has 0 atom stereocenters. The molecule has 0 N–H and O–H groups in total. The molecule has 0 amide bonds. The zero-order valence-corrected chi connectivity index (χ0v) is 8.71. The van der Waals surface area contributed by atoms with Gasteiger partial charge in [-0.05, 0) is 28.8 Å². The van der Waals surface area contributed by atoms with Crippen LogP contribution in [-0.2, 0) is 11.8 Å². The van der Waals surface area contributed by atoms with Crippen LogP contribution in [0, 0.1) is 0 Å². The van der Waals surface area contributed by atoms with E-state index in [0.29, 0.717) is 11.7 Å². The molecule has 0 unspecified atom stereocenters. The predicted octanol–water partition coefficient (Wildman–Crippen LogP) is 2.03. The Hall–Kier alpha value is -0.930. The van der Waals surface area contributed by atoms with Crippen molar-refractivity contribution in [2.45, 2.75) is 18.8 Å². The van der Waals surface area contributed by atoms with Crippen LogP contribution in [0.5, 0.6) is 0 Å². The van der Waals surface area contributed by atoms with Crippen molar-refractivity contribution < 1.29 is 4.79 Å². The van der Waals surface area contributed by atoms with Crippen LogP contribution in [0.1, 0.15) is 24.5 Å². The molecule has 68 valence electrons. The van der Waals surface area contributed by atoms with Gasteiger partial charge in [0.1, 0.15) is 0 Å². The number of halogens is 1. The van der Waals surface area contributed by atoms with Gasteiger partial charge in [0.2, 0.25) is 11.9 Å². The van der Waals surface area contributed by atoms with E-state index in [4.69, 9.17) is 0 Å². The fraction of sp³-hybridized carbons (Fsp3) is 0.500. The van der Waals surface area contributed by atoms with Crippen LogP contribution < -0.4 is 0 Å². The molecule has 2 rings (SSSR count). The average molecular weight is 242 g/mol. The lowest BCUT2D eigenvalue weighted by Crippen LogP contribution is -1.95. The second-order valence-electron chi connectivity index (χ2n) is 3.12. The van der Waals surface area contributed by atoms with Gasteiger partial charge in [-0.25, -0.2) is 4.79 Å². The topological polar surface area (TPSA) is 47.2 Å². The van der Waals surface area contributed by atoms with Crippen molar-refractivity contribution in [2.24, 2.45) is 12.0 Å². The van der Waals surface area contributed by atoms with Gasteiger partial charge < -0.3 is 0 Å². The summed E-state index contributed by atoms with van der Waals surface area (Å²) in [5.41, 5.74) is 1.13. The molecule has 0 bridgehead atoms. The molecule has 1 aromatic rings. The fourth-order valence-corrected chi connectivity index (χ4v) is 2.16. The Morgan fingerprint density at radius 2 is 2.38 bits per heavy atom. The number of isocyanates is 1. The van der Waals surface area contributed by atoms with Crippen molar-refractivity contribution in [3.05, 3.63) is 10.2 Å². The zero-order chi connectivity index (χ0) is 9.42. The molecule has 1 aliphatic rings. The lowest BCUT2D eigenvalue weighted by atomic mass is 10.3. The molecule has 0 radical (unpaired) electrons. The summed E-state index contributed by atoms with van der Waals surface area (Å²) in [5, 5.41) is 4.10. The van der Waals surface area contributed by atoms with Gasteiger partial charge >= 0.3 is 0 Å². The summed E-state index contributed by atoms with van der Waals surface area (Å²) in [4.78, 5) is 13.6. The molecule has 4 nitrogen and oxygen atoms in total. The lowest BCUT2D eigenvalue weighted by molar-refractivity contribution is 0.565. The van der Waals surface area contributed by atoms with E-state index in [1.807, 2.05) is 7.05 Å². The summed E-state index contributed by atoms with van der Waals surface area (Å²) in [6, 6.07) is 0. The quantitative estimate of drug-likeness (QED) is 0.588. The van der Waals surface area contributed by atoms with Gasteiger partial charge in [-0.1, -0.05) is 0 Å². The second-order valence-corrected chi connectivity index (χ2v) is 3.92. The summed E-state index contributed by atoms with van der Waals surface area (Å²) in [6.07, 6.45) is 3.89. The van der Waals surface area contributed by atoms with E-state index >= 15 is 0 Å². The van der Waals surface area contributed by atoms with Gasteiger partial charge in [0.15, 0.2) is 0 Å². The summed E-state index contributed by atoms with van der Waals surface area (Å²) >= 11 is 3.39. The first-order valence-corrected chi connectivity index (χ1v) is 4.83. The number of nitrogens with zero attached hydrogens (tertiary/aromatic N) is 3. The van der Waals surface area contributed by atoms with Crippen LogP contribution in [0.25, 0.3) is 0 Å². The standard InChI is InChI=1S/C8H8BrN3O/c1-12-7(5-2-3-5)6(9)8(11-12)10-4-13/h5H,2-3H2,1H3. The van der Waals surface area contributed by atoms with Crippen molar-refractivity contribution in [2.75, 3.05) is 0 Å². The third-order valence-corrected chi connectivity index (χ3v) is 2.89. The highest BCUT2D eigenvalue weighted by atomic mass is 79.9. The monoisotopic (exact) mass is 241 g/mol. The van der Waals surface area contributed by atoms with Crippen molar-refractivity contribution in [3.63, 3.8) is 0 Å². The molecular weight excluding hydrogens is 234 g/mol. The van der Waals surface area contributed by atoms with Crippen LogP contribution in [0.4, 0.5) is 5.82 Å². The Morgan fingerprint density at radius 3 is 2.92 bits per heavy atom. The normalized spacial score (nSPS) is 15.5. The minimum atomic E-state index is 0.430. The van der Waals surface area contributed by atoms with Crippen molar-refractivity contribution in [1.29, 1.82) is 0 Å². The van der Waals surface area contributed by atoms with Crippen molar-refractivity contribution >= 4 is 27.8 Å². The lowest BCUT2D eigenvalue weighted by Gasteiger charge is -1.97. The first-order valence-electron chi connectivity index (χ1n) is 4.04. The molecule has 1 fully saturated rings. The van der Waals surface area contributed by atoms with Crippen molar-refractivity contribution in [1.82, 2.24) is 9.78 Å². The summed E-state index contributed by atoms with van der Waals surface area (Å²) in [6.45, 7) is 0. The second kappa shape index (κ2) is 3.09.